The summed E-state index contributed by atoms with van der Waals surface area (Å²) >= 11 is 0. The number of fused-ring (bicyclic) bond motifs is 1. The Morgan fingerprint density at radius 1 is 1.21 bits per heavy atom. The summed E-state index contributed by atoms with van der Waals surface area (Å²) in [4.78, 5) is 0. The molecule has 0 saturated heterocycles. The first kappa shape index (κ1) is 14.1. The van der Waals surface area contributed by atoms with Crippen molar-refractivity contribution in [2.75, 3.05) is 6.54 Å². The van der Waals surface area contributed by atoms with Crippen LogP contribution >= 0.6 is 0 Å². The Labute approximate surface area is 116 Å². The van der Waals surface area contributed by atoms with Crippen molar-refractivity contribution in [1.82, 2.24) is 9.88 Å². The maximum atomic E-state index is 3.43. The Morgan fingerprint density at radius 2 is 2.00 bits per heavy atom. The third-order valence-electron chi connectivity index (χ3n) is 3.62. The van der Waals surface area contributed by atoms with E-state index in [9.17, 15) is 0 Å². The average molecular weight is 258 g/mol. The molecular formula is C17H26N2. The van der Waals surface area contributed by atoms with Crippen LogP contribution in [-0.4, -0.2) is 11.1 Å². The van der Waals surface area contributed by atoms with Crippen molar-refractivity contribution < 1.29 is 0 Å². The highest BCUT2D eigenvalue weighted by Gasteiger charge is 2.07. The molecule has 2 rings (SSSR count). The molecule has 0 aliphatic rings. The fourth-order valence-electron chi connectivity index (χ4n) is 2.58. The molecule has 0 atom stereocenters. The lowest BCUT2D eigenvalue weighted by molar-refractivity contribution is 0.517. The van der Waals surface area contributed by atoms with E-state index in [1.165, 1.54) is 29.3 Å². The maximum absolute atomic E-state index is 3.43. The largest absolute Gasteiger partial charge is 0.347 e. The van der Waals surface area contributed by atoms with Crippen LogP contribution in [0.3, 0.4) is 0 Å². The van der Waals surface area contributed by atoms with Gasteiger partial charge in [-0.2, -0.15) is 0 Å². The average Bonchev–Trinajstić information content (AvgIpc) is 2.75. The monoisotopic (exact) mass is 258 g/mol. The van der Waals surface area contributed by atoms with Gasteiger partial charge in [0, 0.05) is 30.2 Å². The molecule has 2 nitrogen and oxygen atoms in total. The van der Waals surface area contributed by atoms with Crippen molar-refractivity contribution in [1.29, 1.82) is 0 Å². The summed E-state index contributed by atoms with van der Waals surface area (Å²) in [6.07, 6.45) is 4.89. The molecule has 0 aliphatic heterocycles. The normalized spacial score (nSPS) is 11.6. The van der Waals surface area contributed by atoms with E-state index in [1.54, 1.807) is 0 Å². The van der Waals surface area contributed by atoms with Crippen LogP contribution in [0.1, 0.15) is 39.2 Å². The number of nitrogens with one attached hydrogen (secondary N) is 1. The van der Waals surface area contributed by atoms with Gasteiger partial charge in [0.2, 0.25) is 0 Å². The quantitative estimate of drug-likeness (QED) is 0.788. The van der Waals surface area contributed by atoms with E-state index in [0.717, 1.165) is 25.6 Å². The number of benzene rings is 1. The molecule has 0 amide bonds. The predicted octanol–water partition coefficient (Wildman–Crippen LogP) is 4.19. The molecule has 1 aromatic heterocycles. The molecule has 0 saturated carbocycles. The third-order valence-corrected chi connectivity index (χ3v) is 3.62. The lowest BCUT2D eigenvalue weighted by atomic mass is 10.1. The minimum atomic E-state index is 0.794. The fourth-order valence-corrected chi connectivity index (χ4v) is 2.58. The Morgan fingerprint density at radius 3 is 2.74 bits per heavy atom. The summed E-state index contributed by atoms with van der Waals surface area (Å²) in [5.74, 6) is 0.794. The summed E-state index contributed by atoms with van der Waals surface area (Å²) in [5, 5.41) is 4.83. The molecule has 0 aliphatic carbocycles. The number of hydrogen-bond donors (Lipinski definition) is 1. The highest BCUT2D eigenvalue weighted by atomic mass is 15.0. The lowest BCUT2D eigenvalue weighted by Gasteiger charge is -2.07. The van der Waals surface area contributed by atoms with Crippen LogP contribution in [0.25, 0.3) is 10.9 Å². The molecule has 1 heterocycles. The number of hydrogen-bond acceptors (Lipinski definition) is 1. The van der Waals surface area contributed by atoms with Gasteiger partial charge >= 0.3 is 0 Å². The summed E-state index contributed by atoms with van der Waals surface area (Å²) in [7, 11) is 0. The molecule has 0 unspecified atom stereocenters. The van der Waals surface area contributed by atoms with Crippen LogP contribution < -0.4 is 5.32 Å². The van der Waals surface area contributed by atoms with Crippen molar-refractivity contribution >= 4 is 10.9 Å². The van der Waals surface area contributed by atoms with Crippen molar-refractivity contribution in [3.63, 3.8) is 0 Å². The number of aryl methyl sites for hydroxylation is 1. The summed E-state index contributed by atoms with van der Waals surface area (Å²) < 4.78 is 2.42. The van der Waals surface area contributed by atoms with Gasteiger partial charge in [0.15, 0.2) is 0 Å². The Kier molecular flexibility index (Phi) is 5.03. The van der Waals surface area contributed by atoms with Crippen LogP contribution in [0.15, 0.2) is 30.5 Å². The molecule has 0 spiro atoms. The van der Waals surface area contributed by atoms with Gasteiger partial charge in [0.25, 0.3) is 0 Å². The first-order valence-corrected chi connectivity index (χ1v) is 7.49. The zero-order valence-corrected chi connectivity index (χ0v) is 12.4. The smallest absolute Gasteiger partial charge is 0.0483 e. The Balaban J connectivity index is 2.18. The zero-order valence-electron chi connectivity index (χ0n) is 12.4. The van der Waals surface area contributed by atoms with Crippen LogP contribution in [0.4, 0.5) is 0 Å². The highest BCUT2D eigenvalue weighted by molar-refractivity contribution is 5.83. The molecule has 19 heavy (non-hydrogen) atoms. The summed E-state index contributed by atoms with van der Waals surface area (Å²) in [6, 6.07) is 8.75. The first-order valence-electron chi connectivity index (χ1n) is 7.49. The summed E-state index contributed by atoms with van der Waals surface area (Å²) in [5.41, 5.74) is 2.79. The van der Waals surface area contributed by atoms with E-state index in [1.807, 2.05) is 0 Å². The Hall–Kier alpha value is -1.28. The molecule has 0 fully saturated rings. The second-order valence-corrected chi connectivity index (χ2v) is 5.68. The molecule has 0 radical (unpaired) electrons. The van der Waals surface area contributed by atoms with Gasteiger partial charge in [0.1, 0.15) is 0 Å². The molecule has 1 aromatic carbocycles. The fraction of sp³-hybridized carbons (Fsp3) is 0.529. The minimum absolute atomic E-state index is 0.794. The van der Waals surface area contributed by atoms with Crippen LogP contribution in [-0.2, 0) is 13.1 Å². The number of aromatic nitrogens is 1. The molecular weight excluding hydrogens is 232 g/mol. The van der Waals surface area contributed by atoms with E-state index in [0.29, 0.717) is 0 Å². The molecule has 1 N–H and O–H groups in total. The van der Waals surface area contributed by atoms with Crippen LogP contribution in [0.5, 0.6) is 0 Å². The van der Waals surface area contributed by atoms with Gasteiger partial charge in [-0.1, -0.05) is 39.0 Å². The Bertz CT molecular complexity index is 511. The van der Waals surface area contributed by atoms with Gasteiger partial charge in [-0.25, -0.2) is 0 Å². The third kappa shape index (κ3) is 3.60. The molecule has 2 aromatic rings. The van der Waals surface area contributed by atoms with Crippen LogP contribution in [0.2, 0.25) is 0 Å². The predicted molar refractivity (Wildman–Crippen MR) is 83.4 cm³/mol. The first-order chi connectivity index (χ1) is 9.22. The van der Waals surface area contributed by atoms with Gasteiger partial charge in [0.05, 0.1) is 0 Å². The maximum Gasteiger partial charge on any atom is 0.0483 e. The highest BCUT2D eigenvalue weighted by Crippen LogP contribution is 2.22. The van der Waals surface area contributed by atoms with E-state index in [-0.39, 0.29) is 0 Å². The van der Waals surface area contributed by atoms with E-state index < -0.39 is 0 Å². The molecule has 0 bridgehead atoms. The number of nitrogens with zero attached hydrogens (tertiary/aromatic N) is 1. The van der Waals surface area contributed by atoms with Gasteiger partial charge in [-0.15, -0.1) is 0 Å². The topological polar surface area (TPSA) is 17.0 Å². The minimum Gasteiger partial charge on any atom is -0.347 e. The number of para-hydroxylation sites is 1. The van der Waals surface area contributed by atoms with Crippen LogP contribution in [0, 0.1) is 5.92 Å². The van der Waals surface area contributed by atoms with Crippen molar-refractivity contribution in [3.05, 3.63) is 36.0 Å². The van der Waals surface area contributed by atoms with Crippen molar-refractivity contribution in [2.24, 2.45) is 5.92 Å². The van der Waals surface area contributed by atoms with Gasteiger partial charge < -0.3 is 9.88 Å². The number of rotatable bonds is 7. The van der Waals surface area contributed by atoms with Gasteiger partial charge in [-0.3, -0.25) is 0 Å². The van der Waals surface area contributed by atoms with E-state index >= 15 is 0 Å². The second-order valence-electron chi connectivity index (χ2n) is 5.68. The zero-order chi connectivity index (χ0) is 13.7. The van der Waals surface area contributed by atoms with Gasteiger partial charge in [-0.05, 0) is 36.9 Å². The summed E-state index contributed by atoms with van der Waals surface area (Å²) in [6.45, 7) is 9.86. The molecule has 104 valence electrons. The van der Waals surface area contributed by atoms with E-state index in [2.05, 4.69) is 61.1 Å². The lowest BCUT2D eigenvalue weighted by Crippen LogP contribution is -2.11. The second kappa shape index (κ2) is 6.76. The SMILES string of the molecule is CCNCc1cn(CCCC(C)C)c2ccccc12. The standard InChI is InChI=1S/C17H26N2/c1-4-18-12-15-13-19(11-7-8-14(2)3)17-10-6-5-9-16(15)17/h5-6,9-10,13-14,18H,4,7-8,11-12H2,1-3H3. The molecule has 2 heteroatoms. The van der Waals surface area contributed by atoms with Crippen molar-refractivity contribution in [2.45, 2.75) is 46.7 Å². The van der Waals surface area contributed by atoms with Crippen molar-refractivity contribution in [3.8, 4) is 0 Å². The van der Waals surface area contributed by atoms with E-state index in [4.69, 9.17) is 0 Å².